The van der Waals surface area contributed by atoms with Crippen LogP contribution in [0.15, 0.2) is 54.9 Å². The Morgan fingerprint density at radius 3 is 2.48 bits per heavy atom. The number of likely N-dealkylation sites (N-methyl/N-ethyl adjacent to an activating group) is 1. The molecule has 1 amide bonds. The highest BCUT2D eigenvalue weighted by atomic mass is 16.5. The first kappa shape index (κ1) is 18.3. The molecule has 3 rings (SSSR count). The van der Waals surface area contributed by atoms with E-state index in [4.69, 9.17) is 4.74 Å². The zero-order chi connectivity index (χ0) is 19.2. The van der Waals surface area contributed by atoms with Gasteiger partial charge < -0.3 is 15.0 Å². The lowest BCUT2D eigenvalue weighted by molar-refractivity contribution is -0.120. The van der Waals surface area contributed by atoms with Crippen molar-refractivity contribution < 1.29 is 9.53 Å². The van der Waals surface area contributed by atoms with Crippen molar-refractivity contribution in [1.29, 1.82) is 0 Å². The molecule has 0 aliphatic rings. The van der Waals surface area contributed by atoms with Crippen molar-refractivity contribution in [2.24, 2.45) is 0 Å². The Hall–Kier alpha value is -3.48. The average molecular weight is 363 g/mol. The van der Waals surface area contributed by atoms with Crippen LogP contribution in [-0.2, 0) is 4.79 Å². The van der Waals surface area contributed by atoms with Crippen molar-refractivity contribution in [2.45, 2.75) is 6.92 Å². The minimum Gasteiger partial charge on any atom is -0.467 e. The van der Waals surface area contributed by atoms with Crippen LogP contribution < -0.4 is 15.0 Å². The Balaban J connectivity index is 1.81. The molecule has 3 aromatic rings. The third-order valence-electron chi connectivity index (χ3n) is 4.13. The van der Waals surface area contributed by atoms with Gasteiger partial charge in [0, 0.05) is 37.7 Å². The van der Waals surface area contributed by atoms with Gasteiger partial charge >= 0.3 is 0 Å². The molecule has 0 saturated heterocycles. The summed E-state index contributed by atoms with van der Waals surface area (Å²) in [6.07, 6.45) is 3.35. The maximum Gasteiger partial charge on any atom is 0.264 e. The molecule has 27 heavy (non-hydrogen) atoms. The zero-order valence-electron chi connectivity index (χ0n) is 15.5. The lowest BCUT2D eigenvalue weighted by atomic mass is 10.2. The SMILES string of the molecule is CNc1nc(-c2ccncc2)nc(OCC(=O)N(C)c2ccccc2)c1C. The fraction of sp³-hybridized carbons (Fsp3) is 0.200. The molecule has 0 radical (unpaired) electrons. The van der Waals surface area contributed by atoms with Crippen LogP contribution in [0.4, 0.5) is 11.5 Å². The summed E-state index contributed by atoms with van der Waals surface area (Å²) in [6.45, 7) is 1.73. The van der Waals surface area contributed by atoms with Crippen LogP contribution in [0.2, 0.25) is 0 Å². The molecule has 0 aliphatic carbocycles. The summed E-state index contributed by atoms with van der Waals surface area (Å²) in [5.41, 5.74) is 2.36. The molecule has 1 N–H and O–H groups in total. The largest absolute Gasteiger partial charge is 0.467 e. The number of carbonyl (C=O) groups excluding carboxylic acids is 1. The van der Waals surface area contributed by atoms with Crippen LogP contribution in [0, 0.1) is 6.92 Å². The number of nitrogens with one attached hydrogen (secondary N) is 1. The topological polar surface area (TPSA) is 80.2 Å². The number of pyridine rings is 1. The van der Waals surface area contributed by atoms with Crippen LogP contribution in [-0.4, -0.2) is 41.6 Å². The molecule has 0 spiro atoms. The van der Waals surface area contributed by atoms with Crippen molar-refractivity contribution in [3.63, 3.8) is 0 Å². The number of hydrogen-bond acceptors (Lipinski definition) is 6. The van der Waals surface area contributed by atoms with Gasteiger partial charge in [0.25, 0.3) is 5.91 Å². The Bertz CT molecular complexity index is 916. The number of rotatable bonds is 6. The van der Waals surface area contributed by atoms with Gasteiger partial charge in [0.2, 0.25) is 5.88 Å². The number of para-hydroxylation sites is 1. The third kappa shape index (κ3) is 4.20. The fourth-order valence-electron chi connectivity index (χ4n) is 2.53. The van der Waals surface area contributed by atoms with Gasteiger partial charge in [-0.1, -0.05) is 18.2 Å². The Morgan fingerprint density at radius 1 is 1.11 bits per heavy atom. The van der Waals surface area contributed by atoms with E-state index in [2.05, 4.69) is 20.3 Å². The third-order valence-corrected chi connectivity index (χ3v) is 4.13. The van der Waals surface area contributed by atoms with Crippen LogP contribution in [0.1, 0.15) is 5.56 Å². The molecular weight excluding hydrogens is 342 g/mol. The second-order valence-electron chi connectivity index (χ2n) is 5.89. The van der Waals surface area contributed by atoms with Gasteiger partial charge in [0.1, 0.15) is 5.82 Å². The molecule has 2 aromatic heterocycles. The summed E-state index contributed by atoms with van der Waals surface area (Å²) in [5, 5.41) is 3.04. The van der Waals surface area contributed by atoms with Gasteiger partial charge in [0.15, 0.2) is 12.4 Å². The molecule has 0 atom stereocenters. The number of aromatic nitrogens is 3. The molecule has 0 fully saturated rings. The molecule has 1 aromatic carbocycles. The van der Waals surface area contributed by atoms with Crippen molar-refractivity contribution in [3.05, 3.63) is 60.4 Å². The number of ether oxygens (including phenoxy) is 1. The van der Waals surface area contributed by atoms with Gasteiger partial charge in [-0.2, -0.15) is 4.98 Å². The van der Waals surface area contributed by atoms with Gasteiger partial charge in [-0.3, -0.25) is 9.78 Å². The van der Waals surface area contributed by atoms with Gasteiger partial charge in [-0.05, 0) is 31.2 Å². The number of amides is 1. The predicted octanol–water partition coefficient (Wildman–Crippen LogP) is 2.93. The number of hydrogen-bond donors (Lipinski definition) is 1. The average Bonchev–Trinajstić information content (AvgIpc) is 2.73. The summed E-state index contributed by atoms with van der Waals surface area (Å²) in [5.74, 6) is 1.36. The first-order chi connectivity index (χ1) is 13.1. The standard InChI is InChI=1S/C20H21N5O2/c1-14-18(21-2)23-19(15-9-11-22-12-10-15)24-20(14)27-13-17(26)25(3)16-7-5-4-6-8-16/h4-12H,13H2,1-3H3,(H,21,23,24). The summed E-state index contributed by atoms with van der Waals surface area (Å²) in [7, 11) is 3.50. The fourth-order valence-corrected chi connectivity index (χ4v) is 2.53. The Labute approximate surface area is 158 Å². The summed E-state index contributed by atoms with van der Waals surface area (Å²) >= 11 is 0. The molecule has 7 heteroatoms. The summed E-state index contributed by atoms with van der Waals surface area (Å²) in [4.78, 5) is 27.0. The molecule has 0 bridgehead atoms. The lowest BCUT2D eigenvalue weighted by Gasteiger charge is -2.18. The zero-order valence-corrected chi connectivity index (χ0v) is 15.5. The Morgan fingerprint density at radius 2 is 1.81 bits per heavy atom. The number of carbonyl (C=O) groups is 1. The van der Waals surface area contributed by atoms with E-state index in [1.807, 2.05) is 49.4 Å². The first-order valence-corrected chi connectivity index (χ1v) is 8.51. The van der Waals surface area contributed by atoms with Gasteiger partial charge in [-0.25, -0.2) is 4.98 Å². The van der Waals surface area contributed by atoms with E-state index < -0.39 is 0 Å². The van der Waals surface area contributed by atoms with Crippen molar-refractivity contribution in [3.8, 4) is 17.3 Å². The number of anilines is 2. The quantitative estimate of drug-likeness (QED) is 0.725. The molecule has 0 aliphatic heterocycles. The van der Waals surface area contributed by atoms with Gasteiger partial charge in [0.05, 0.1) is 5.56 Å². The highest BCUT2D eigenvalue weighted by Gasteiger charge is 2.16. The van der Waals surface area contributed by atoms with Crippen molar-refractivity contribution >= 4 is 17.4 Å². The highest BCUT2D eigenvalue weighted by Crippen LogP contribution is 2.26. The van der Waals surface area contributed by atoms with E-state index in [-0.39, 0.29) is 12.5 Å². The van der Waals surface area contributed by atoms with E-state index in [0.29, 0.717) is 17.5 Å². The molecule has 0 saturated carbocycles. The van der Waals surface area contributed by atoms with E-state index in [9.17, 15) is 4.79 Å². The van der Waals surface area contributed by atoms with Crippen molar-refractivity contribution in [1.82, 2.24) is 15.0 Å². The predicted molar refractivity (Wildman–Crippen MR) is 105 cm³/mol. The second kappa shape index (κ2) is 8.27. The number of benzene rings is 1. The smallest absolute Gasteiger partial charge is 0.264 e. The molecule has 7 nitrogen and oxygen atoms in total. The second-order valence-corrected chi connectivity index (χ2v) is 5.89. The summed E-state index contributed by atoms with van der Waals surface area (Å²) < 4.78 is 5.75. The molecule has 2 heterocycles. The minimum atomic E-state index is -0.171. The highest BCUT2D eigenvalue weighted by molar-refractivity contribution is 5.93. The van der Waals surface area contributed by atoms with Crippen LogP contribution >= 0.6 is 0 Å². The van der Waals surface area contributed by atoms with Crippen LogP contribution in [0.25, 0.3) is 11.4 Å². The maximum absolute atomic E-state index is 12.5. The van der Waals surface area contributed by atoms with Crippen molar-refractivity contribution in [2.75, 3.05) is 30.9 Å². The van der Waals surface area contributed by atoms with Crippen LogP contribution in [0.3, 0.4) is 0 Å². The van der Waals surface area contributed by atoms with E-state index in [1.165, 1.54) is 0 Å². The number of nitrogens with zero attached hydrogens (tertiary/aromatic N) is 4. The van der Waals surface area contributed by atoms with E-state index in [0.717, 1.165) is 16.8 Å². The minimum absolute atomic E-state index is 0.123. The van der Waals surface area contributed by atoms with E-state index >= 15 is 0 Å². The maximum atomic E-state index is 12.5. The Kier molecular flexibility index (Phi) is 5.61. The van der Waals surface area contributed by atoms with E-state index in [1.54, 1.807) is 31.4 Å². The lowest BCUT2D eigenvalue weighted by Crippen LogP contribution is -2.31. The molecule has 0 unspecified atom stereocenters. The van der Waals surface area contributed by atoms with Crippen LogP contribution in [0.5, 0.6) is 5.88 Å². The summed E-state index contributed by atoms with van der Waals surface area (Å²) in [6, 6.07) is 13.1. The normalized spacial score (nSPS) is 10.3. The molecule has 138 valence electrons. The monoisotopic (exact) mass is 363 g/mol. The first-order valence-electron chi connectivity index (χ1n) is 8.51. The molecular formula is C20H21N5O2. The van der Waals surface area contributed by atoms with Gasteiger partial charge in [-0.15, -0.1) is 0 Å².